The van der Waals surface area contributed by atoms with E-state index in [0.717, 1.165) is 19.4 Å². The van der Waals surface area contributed by atoms with E-state index in [1.165, 1.54) is 25.6 Å². The van der Waals surface area contributed by atoms with Gasteiger partial charge in [0.2, 0.25) is 0 Å². The molecular formula is C18H21BrIN. The molecule has 1 nitrogen and oxygen atoms in total. The number of rotatable bonds is 7. The fourth-order valence-electron chi connectivity index (χ4n) is 2.40. The van der Waals surface area contributed by atoms with Crippen molar-refractivity contribution in [2.24, 2.45) is 0 Å². The molecule has 0 aliphatic rings. The summed E-state index contributed by atoms with van der Waals surface area (Å²) >= 11 is 6.01. The Balaban J connectivity index is 2.07. The van der Waals surface area contributed by atoms with Crippen molar-refractivity contribution in [3.63, 3.8) is 0 Å². The molecule has 0 fully saturated rings. The van der Waals surface area contributed by atoms with Crippen LogP contribution in [0.15, 0.2) is 53.0 Å². The van der Waals surface area contributed by atoms with Gasteiger partial charge in [-0.1, -0.05) is 53.2 Å². The highest BCUT2D eigenvalue weighted by atomic mass is 127. The van der Waals surface area contributed by atoms with E-state index in [1.807, 2.05) is 0 Å². The van der Waals surface area contributed by atoms with Crippen LogP contribution >= 0.6 is 38.5 Å². The summed E-state index contributed by atoms with van der Waals surface area (Å²) in [4.78, 5) is 0. The zero-order chi connectivity index (χ0) is 15.1. The maximum absolute atomic E-state index is 3.69. The van der Waals surface area contributed by atoms with Crippen LogP contribution in [-0.2, 0) is 12.8 Å². The van der Waals surface area contributed by atoms with E-state index >= 15 is 0 Å². The Hall–Kier alpha value is -0.390. The van der Waals surface area contributed by atoms with Gasteiger partial charge in [0.25, 0.3) is 0 Å². The first-order valence-electron chi connectivity index (χ1n) is 7.40. The summed E-state index contributed by atoms with van der Waals surface area (Å²) < 4.78 is 2.50. The van der Waals surface area contributed by atoms with Crippen molar-refractivity contribution in [1.82, 2.24) is 5.32 Å². The zero-order valence-corrected chi connectivity index (χ0v) is 16.0. The first-order chi connectivity index (χ1) is 10.2. The number of nitrogens with one attached hydrogen (secondary N) is 1. The predicted molar refractivity (Wildman–Crippen MR) is 103 cm³/mol. The summed E-state index contributed by atoms with van der Waals surface area (Å²) in [6, 6.07) is 17.8. The molecule has 1 unspecified atom stereocenters. The zero-order valence-electron chi connectivity index (χ0n) is 12.3. The highest BCUT2D eigenvalue weighted by Crippen LogP contribution is 2.19. The minimum Gasteiger partial charge on any atom is -0.313 e. The normalized spacial score (nSPS) is 12.3. The van der Waals surface area contributed by atoms with Crippen molar-refractivity contribution in [3.8, 4) is 0 Å². The Labute approximate surface area is 149 Å². The monoisotopic (exact) mass is 457 g/mol. The van der Waals surface area contributed by atoms with Crippen LogP contribution in [0.1, 0.15) is 24.5 Å². The highest BCUT2D eigenvalue weighted by molar-refractivity contribution is 14.1. The van der Waals surface area contributed by atoms with Gasteiger partial charge in [0.05, 0.1) is 0 Å². The average Bonchev–Trinajstić information content (AvgIpc) is 2.49. The van der Waals surface area contributed by atoms with Crippen molar-refractivity contribution in [1.29, 1.82) is 0 Å². The molecule has 0 heterocycles. The Morgan fingerprint density at radius 1 is 1.05 bits per heavy atom. The quantitative estimate of drug-likeness (QED) is 0.563. The fraction of sp³-hybridized carbons (Fsp3) is 0.333. The molecule has 0 amide bonds. The molecule has 0 aliphatic carbocycles. The van der Waals surface area contributed by atoms with E-state index in [9.17, 15) is 0 Å². The third-order valence-corrected chi connectivity index (χ3v) is 5.00. The van der Waals surface area contributed by atoms with Gasteiger partial charge in [-0.15, -0.1) is 0 Å². The third kappa shape index (κ3) is 5.72. The van der Waals surface area contributed by atoms with Crippen molar-refractivity contribution in [2.45, 2.75) is 32.2 Å². The van der Waals surface area contributed by atoms with Crippen LogP contribution in [-0.4, -0.2) is 12.6 Å². The van der Waals surface area contributed by atoms with Crippen molar-refractivity contribution >= 4 is 38.5 Å². The average molecular weight is 458 g/mol. The molecule has 0 saturated heterocycles. The van der Waals surface area contributed by atoms with Gasteiger partial charge in [0, 0.05) is 14.1 Å². The molecular weight excluding hydrogens is 437 g/mol. The SMILES string of the molecule is CCCNC(Cc1ccc(I)cc1)Cc1ccccc1Br. The smallest absolute Gasteiger partial charge is 0.0207 e. The van der Waals surface area contributed by atoms with E-state index in [4.69, 9.17) is 0 Å². The maximum Gasteiger partial charge on any atom is 0.0207 e. The Kier molecular flexibility index (Phi) is 7.20. The molecule has 0 aliphatic heterocycles. The van der Waals surface area contributed by atoms with Crippen molar-refractivity contribution < 1.29 is 0 Å². The summed E-state index contributed by atoms with van der Waals surface area (Å²) in [6.07, 6.45) is 3.28. The number of hydrogen-bond donors (Lipinski definition) is 1. The molecule has 0 saturated carbocycles. The summed E-state index contributed by atoms with van der Waals surface area (Å²) in [7, 11) is 0. The van der Waals surface area contributed by atoms with Gasteiger partial charge in [0.15, 0.2) is 0 Å². The maximum atomic E-state index is 3.69. The minimum absolute atomic E-state index is 0.476. The van der Waals surface area contributed by atoms with Crippen LogP contribution in [0.3, 0.4) is 0 Å². The largest absolute Gasteiger partial charge is 0.313 e. The molecule has 1 atom stereocenters. The van der Waals surface area contributed by atoms with Gasteiger partial charge in [0.1, 0.15) is 0 Å². The van der Waals surface area contributed by atoms with Crippen LogP contribution in [0.5, 0.6) is 0 Å². The van der Waals surface area contributed by atoms with Crippen LogP contribution < -0.4 is 5.32 Å². The van der Waals surface area contributed by atoms with E-state index in [2.05, 4.69) is 99.3 Å². The third-order valence-electron chi connectivity index (χ3n) is 3.50. The Morgan fingerprint density at radius 3 is 2.43 bits per heavy atom. The Morgan fingerprint density at radius 2 is 1.76 bits per heavy atom. The summed E-state index contributed by atoms with van der Waals surface area (Å²) in [5.41, 5.74) is 2.77. The van der Waals surface area contributed by atoms with Gasteiger partial charge in [-0.3, -0.25) is 0 Å². The molecule has 112 valence electrons. The predicted octanol–water partition coefficient (Wildman–Crippen LogP) is 5.21. The van der Waals surface area contributed by atoms with E-state index in [0.29, 0.717) is 6.04 Å². The molecule has 1 N–H and O–H groups in total. The van der Waals surface area contributed by atoms with Gasteiger partial charge >= 0.3 is 0 Å². The second kappa shape index (κ2) is 8.91. The lowest BCUT2D eigenvalue weighted by molar-refractivity contribution is 0.504. The van der Waals surface area contributed by atoms with Gasteiger partial charge < -0.3 is 5.32 Å². The van der Waals surface area contributed by atoms with Crippen molar-refractivity contribution in [2.75, 3.05) is 6.54 Å². The van der Waals surface area contributed by atoms with Crippen LogP contribution in [0.2, 0.25) is 0 Å². The molecule has 21 heavy (non-hydrogen) atoms. The first kappa shape index (κ1) is 17.0. The number of benzene rings is 2. The number of halogens is 2. The van der Waals surface area contributed by atoms with E-state index < -0.39 is 0 Å². The molecule has 3 heteroatoms. The molecule has 2 rings (SSSR count). The lowest BCUT2D eigenvalue weighted by Crippen LogP contribution is -2.33. The second-order valence-electron chi connectivity index (χ2n) is 5.28. The lowest BCUT2D eigenvalue weighted by Gasteiger charge is -2.19. The summed E-state index contributed by atoms with van der Waals surface area (Å²) in [5, 5.41) is 3.69. The number of hydrogen-bond acceptors (Lipinski definition) is 1. The lowest BCUT2D eigenvalue weighted by atomic mass is 9.99. The van der Waals surface area contributed by atoms with Gasteiger partial charge in [-0.2, -0.15) is 0 Å². The molecule has 0 radical (unpaired) electrons. The van der Waals surface area contributed by atoms with E-state index in [1.54, 1.807) is 0 Å². The van der Waals surface area contributed by atoms with Crippen LogP contribution in [0.4, 0.5) is 0 Å². The standard InChI is InChI=1S/C18H21BrIN/c1-2-11-21-17(12-14-7-9-16(20)10-8-14)13-15-5-3-4-6-18(15)19/h3-10,17,21H,2,11-13H2,1H3. The van der Waals surface area contributed by atoms with E-state index in [-0.39, 0.29) is 0 Å². The Bertz CT molecular complexity index is 553. The molecule has 2 aromatic rings. The van der Waals surface area contributed by atoms with Gasteiger partial charge in [-0.05, 0) is 77.7 Å². The van der Waals surface area contributed by atoms with Gasteiger partial charge in [-0.25, -0.2) is 0 Å². The van der Waals surface area contributed by atoms with Crippen molar-refractivity contribution in [3.05, 3.63) is 67.7 Å². The summed E-state index contributed by atoms with van der Waals surface area (Å²) in [6.45, 7) is 3.28. The summed E-state index contributed by atoms with van der Waals surface area (Å²) in [5.74, 6) is 0. The highest BCUT2D eigenvalue weighted by Gasteiger charge is 2.11. The second-order valence-corrected chi connectivity index (χ2v) is 7.38. The fourth-order valence-corrected chi connectivity index (χ4v) is 3.21. The van der Waals surface area contributed by atoms with Crippen LogP contribution in [0.25, 0.3) is 0 Å². The minimum atomic E-state index is 0.476. The molecule has 2 aromatic carbocycles. The first-order valence-corrected chi connectivity index (χ1v) is 9.27. The van der Waals surface area contributed by atoms with Crippen LogP contribution in [0, 0.1) is 3.57 Å². The molecule has 0 aromatic heterocycles. The topological polar surface area (TPSA) is 12.0 Å². The molecule has 0 spiro atoms. The molecule has 0 bridgehead atoms.